The van der Waals surface area contributed by atoms with Crippen LogP contribution >= 0.6 is 0 Å². The summed E-state index contributed by atoms with van der Waals surface area (Å²) in [4.78, 5) is 10.5. The van der Waals surface area contributed by atoms with Crippen molar-refractivity contribution in [2.45, 2.75) is 32.6 Å². The van der Waals surface area contributed by atoms with Crippen LogP contribution in [-0.2, 0) is 11.2 Å². The molecule has 0 aliphatic carbocycles. The number of carboxylic acids is 1. The number of benzene rings is 1. The molecule has 0 fully saturated rings. The fraction of sp³-hybridized carbons (Fsp3) is 0.357. The Hall–Kier alpha value is -2.17. The highest BCUT2D eigenvalue weighted by molar-refractivity contribution is 5.66. The lowest BCUT2D eigenvalue weighted by atomic mass is 10.1. The molecule has 5 heteroatoms. The predicted molar refractivity (Wildman–Crippen MR) is 71.3 cm³/mol. The van der Waals surface area contributed by atoms with E-state index in [1.807, 2.05) is 41.9 Å². The number of carboxylic acid groups (broad SMARTS) is 1. The van der Waals surface area contributed by atoms with Crippen LogP contribution in [0.4, 0.5) is 0 Å². The summed E-state index contributed by atoms with van der Waals surface area (Å²) in [5, 5.41) is 16.9. The molecule has 5 nitrogen and oxygen atoms in total. The second-order valence-corrected chi connectivity index (χ2v) is 4.47. The second kappa shape index (κ2) is 6.13. The van der Waals surface area contributed by atoms with Crippen LogP contribution in [0.3, 0.4) is 0 Å². The van der Waals surface area contributed by atoms with Gasteiger partial charge in [-0.05, 0) is 38.3 Å². The SMILES string of the molecule is Cc1nnn(-c2ccccc2)c1CCCCC(=O)O. The molecule has 0 bridgehead atoms. The predicted octanol–water partition coefficient (Wildman–Crippen LogP) is 2.37. The van der Waals surface area contributed by atoms with Crippen molar-refractivity contribution in [1.29, 1.82) is 0 Å². The maximum Gasteiger partial charge on any atom is 0.303 e. The van der Waals surface area contributed by atoms with Gasteiger partial charge in [-0.1, -0.05) is 23.4 Å². The number of nitrogens with zero attached hydrogens (tertiary/aromatic N) is 3. The highest BCUT2D eigenvalue weighted by atomic mass is 16.4. The van der Waals surface area contributed by atoms with E-state index < -0.39 is 5.97 Å². The molecule has 0 aliphatic heterocycles. The van der Waals surface area contributed by atoms with Gasteiger partial charge in [0.1, 0.15) is 0 Å². The van der Waals surface area contributed by atoms with E-state index in [2.05, 4.69) is 10.3 Å². The summed E-state index contributed by atoms with van der Waals surface area (Å²) >= 11 is 0. The van der Waals surface area contributed by atoms with Crippen LogP contribution in [0, 0.1) is 6.92 Å². The Balaban J connectivity index is 2.08. The van der Waals surface area contributed by atoms with E-state index in [4.69, 9.17) is 5.11 Å². The molecule has 1 aromatic carbocycles. The van der Waals surface area contributed by atoms with Crippen molar-refractivity contribution < 1.29 is 9.90 Å². The van der Waals surface area contributed by atoms with Crippen molar-refractivity contribution in [3.05, 3.63) is 41.7 Å². The number of hydrogen-bond donors (Lipinski definition) is 1. The van der Waals surface area contributed by atoms with Gasteiger partial charge in [-0.2, -0.15) is 0 Å². The number of carbonyl (C=O) groups is 1. The summed E-state index contributed by atoms with van der Waals surface area (Å²) in [5.41, 5.74) is 2.94. The van der Waals surface area contributed by atoms with E-state index in [0.717, 1.165) is 29.9 Å². The van der Waals surface area contributed by atoms with E-state index in [9.17, 15) is 4.79 Å². The molecular formula is C14H17N3O2. The molecule has 1 N–H and O–H groups in total. The second-order valence-electron chi connectivity index (χ2n) is 4.47. The van der Waals surface area contributed by atoms with Gasteiger partial charge in [0.25, 0.3) is 0 Å². The monoisotopic (exact) mass is 259 g/mol. The number of hydrogen-bond acceptors (Lipinski definition) is 3. The fourth-order valence-electron chi connectivity index (χ4n) is 2.01. The van der Waals surface area contributed by atoms with Crippen molar-refractivity contribution in [2.24, 2.45) is 0 Å². The fourth-order valence-corrected chi connectivity index (χ4v) is 2.01. The average molecular weight is 259 g/mol. The van der Waals surface area contributed by atoms with E-state index in [1.54, 1.807) is 0 Å². The van der Waals surface area contributed by atoms with Crippen LogP contribution in [-0.4, -0.2) is 26.1 Å². The minimum absolute atomic E-state index is 0.214. The number of aliphatic carboxylic acids is 1. The minimum atomic E-state index is -0.744. The average Bonchev–Trinajstić information content (AvgIpc) is 2.77. The molecule has 19 heavy (non-hydrogen) atoms. The summed E-state index contributed by atoms with van der Waals surface area (Å²) in [6.07, 6.45) is 2.51. The molecule has 2 rings (SSSR count). The number of unbranched alkanes of at least 4 members (excludes halogenated alkanes) is 1. The smallest absolute Gasteiger partial charge is 0.303 e. The topological polar surface area (TPSA) is 68.0 Å². The van der Waals surface area contributed by atoms with Crippen molar-refractivity contribution in [3.63, 3.8) is 0 Å². The quantitative estimate of drug-likeness (QED) is 0.809. The normalized spacial score (nSPS) is 10.6. The van der Waals surface area contributed by atoms with Crippen LogP contribution in [0.1, 0.15) is 30.7 Å². The van der Waals surface area contributed by atoms with Crippen LogP contribution in [0.2, 0.25) is 0 Å². The van der Waals surface area contributed by atoms with Gasteiger partial charge in [0.2, 0.25) is 0 Å². The molecule has 1 aromatic heterocycles. The molecule has 0 aliphatic rings. The number of aryl methyl sites for hydroxylation is 1. The first-order chi connectivity index (χ1) is 9.18. The summed E-state index contributed by atoms with van der Waals surface area (Å²) in [5.74, 6) is -0.744. The highest BCUT2D eigenvalue weighted by Crippen LogP contribution is 2.15. The van der Waals surface area contributed by atoms with Gasteiger partial charge < -0.3 is 5.11 Å². The molecule has 0 saturated carbocycles. The van der Waals surface area contributed by atoms with Gasteiger partial charge in [-0.25, -0.2) is 4.68 Å². The Kier molecular flexibility index (Phi) is 4.28. The standard InChI is InChI=1S/C14H17N3O2/c1-11-13(9-5-6-10-14(18)19)17(16-15-11)12-7-3-2-4-8-12/h2-4,7-8H,5-6,9-10H2,1H3,(H,18,19). The first-order valence-electron chi connectivity index (χ1n) is 6.37. The summed E-state index contributed by atoms with van der Waals surface area (Å²) in [7, 11) is 0. The number of aromatic nitrogens is 3. The Labute approximate surface area is 111 Å². The molecule has 0 unspecified atom stereocenters. The Bertz CT molecular complexity index is 549. The van der Waals surface area contributed by atoms with E-state index >= 15 is 0 Å². The van der Waals surface area contributed by atoms with Gasteiger partial charge in [-0.3, -0.25) is 4.79 Å². The molecule has 0 amide bonds. The van der Waals surface area contributed by atoms with E-state index in [-0.39, 0.29) is 6.42 Å². The summed E-state index contributed by atoms with van der Waals surface area (Å²) in [6.45, 7) is 1.93. The van der Waals surface area contributed by atoms with Gasteiger partial charge in [-0.15, -0.1) is 5.10 Å². The summed E-state index contributed by atoms with van der Waals surface area (Å²) in [6, 6.07) is 9.84. The van der Waals surface area contributed by atoms with Crippen LogP contribution in [0.15, 0.2) is 30.3 Å². The molecule has 100 valence electrons. The van der Waals surface area contributed by atoms with Crippen molar-refractivity contribution >= 4 is 5.97 Å². The maximum absolute atomic E-state index is 10.5. The molecule has 0 spiro atoms. The molecule has 2 aromatic rings. The zero-order chi connectivity index (χ0) is 13.7. The lowest BCUT2D eigenvalue weighted by molar-refractivity contribution is -0.137. The lowest BCUT2D eigenvalue weighted by Gasteiger charge is -2.06. The van der Waals surface area contributed by atoms with Gasteiger partial charge in [0.15, 0.2) is 0 Å². The zero-order valence-electron chi connectivity index (χ0n) is 10.9. The van der Waals surface area contributed by atoms with Gasteiger partial charge >= 0.3 is 5.97 Å². The van der Waals surface area contributed by atoms with Crippen molar-refractivity contribution in [3.8, 4) is 5.69 Å². The number of rotatable bonds is 6. The Morgan fingerprint density at radius 2 is 2.00 bits per heavy atom. The van der Waals surface area contributed by atoms with Crippen LogP contribution in [0.5, 0.6) is 0 Å². The third-order valence-electron chi connectivity index (χ3n) is 3.01. The molecular weight excluding hydrogens is 242 g/mol. The maximum atomic E-state index is 10.5. The van der Waals surface area contributed by atoms with E-state index in [0.29, 0.717) is 6.42 Å². The first kappa shape index (κ1) is 13.3. The van der Waals surface area contributed by atoms with Gasteiger partial charge in [0, 0.05) is 6.42 Å². The molecule has 1 heterocycles. The minimum Gasteiger partial charge on any atom is -0.481 e. The molecule has 0 radical (unpaired) electrons. The molecule has 0 atom stereocenters. The van der Waals surface area contributed by atoms with Crippen LogP contribution < -0.4 is 0 Å². The third kappa shape index (κ3) is 3.40. The zero-order valence-corrected chi connectivity index (χ0v) is 10.9. The third-order valence-corrected chi connectivity index (χ3v) is 3.01. The lowest BCUT2D eigenvalue weighted by Crippen LogP contribution is -2.03. The largest absolute Gasteiger partial charge is 0.481 e. The Morgan fingerprint density at radius 3 is 2.68 bits per heavy atom. The summed E-state index contributed by atoms with van der Waals surface area (Å²) < 4.78 is 1.83. The number of para-hydroxylation sites is 1. The Morgan fingerprint density at radius 1 is 1.26 bits per heavy atom. The van der Waals surface area contributed by atoms with Crippen molar-refractivity contribution in [2.75, 3.05) is 0 Å². The first-order valence-corrected chi connectivity index (χ1v) is 6.37. The highest BCUT2D eigenvalue weighted by Gasteiger charge is 2.10. The van der Waals surface area contributed by atoms with Crippen molar-refractivity contribution in [1.82, 2.24) is 15.0 Å². The van der Waals surface area contributed by atoms with Crippen LogP contribution in [0.25, 0.3) is 5.69 Å². The molecule has 0 saturated heterocycles. The van der Waals surface area contributed by atoms with E-state index in [1.165, 1.54) is 0 Å². The van der Waals surface area contributed by atoms with Gasteiger partial charge in [0.05, 0.1) is 17.1 Å².